The van der Waals surface area contributed by atoms with Gasteiger partial charge in [-0.2, -0.15) is 18.3 Å². The van der Waals surface area contributed by atoms with E-state index in [2.05, 4.69) is 10.4 Å². The highest BCUT2D eigenvalue weighted by molar-refractivity contribution is 6.04. The summed E-state index contributed by atoms with van der Waals surface area (Å²) in [5.41, 5.74) is -1.19. The molecule has 9 heteroatoms. The number of aryl methyl sites for hydroxylation is 1. The highest BCUT2D eigenvalue weighted by atomic mass is 19.4. The smallest absolute Gasteiger partial charge is 0.322 e. The number of nitrogens with one attached hydrogen (secondary N) is 1. The van der Waals surface area contributed by atoms with Gasteiger partial charge in [0, 0.05) is 23.9 Å². The van der Waals surface area contributed by atoms with E-state index >= 15 is 0 Å². The van der Waals surface area contributed by atoms with Gasteiger partial charge in [-0.05, 0) is 42.5 Å². The molecule has 0 spiro atoms. The lowest BCUT2D eigenvalue weighted by atomic mass is 10.1. The first-order valence-electron chi connectivity index (χ1n) is 7.63. The van der Waals surface area contributed by atoms with E-state index in [0.29, 0.717) is 0 Å². The summed E-state index contributed by atoms with van der Waals surface area (Å²) < 4.78 is 66.7. The van der Waals surface area contributed by atoms with Gasteiger partial charge in [0.2, 0.25) is 0 Å². The van der Waals surface area contributed by atoms with Gasteiger partial charge in [0.15, 0.2) is 5.69 Å². The monoisotopic (exact) mass is 381 g/mol. The molecule has 1 aromatic heterocycles. The Hall–Kier alpha value is -3.23. The van der Waals surface area contributed by atoms with Crippen molar-refractivity contribution in [2.75, 3.05) is 5.32 Å². The highest BCUT2D eigenvalue weighted by Crippen LogP contribution is 2.32. The number of hydrogen-bond donors (Lipinski definition) is 1. The SMILES string of the molecule is Cn1nc(C(F)(F)F)cc1-c1ccc(NC(=O)c2cccc(F)c2)cc1F. The third-order valence-electron chi connectivity index (χ3n) is 3.76. The molecule has 0 aliphatic rings. The zero-order valence-corrected chi connectivity index (χ0v) is 13.8. The lowest BCUT2D eigenvalue weighted by Gasteiger charge is -2.08. The first kappa shape index (κ1) is 18.6. The van der Waals surface area contributed by atoms with Gasteiger partial charge in [-0.15, -0.1) is 0 Å². The summed E-state index contributed by atoms with van der Waals surface area (Å²) in [6.45, 7) is 0. The van der Waals surface area contributed by atoms with Crippen molar-refractivity contribution in [1.82, 2.24) is 9.78 Å². The number of aromatic nitrogens is 2. The van der Waals surface area contributed by atoms with Crippen molar-refractivity contribution in [3.63, 3.8) is 0 Å². The summed E-state index contributed by atoms with van der Waals surface area (Å²) in [5, 5.41) is 5.74. The number of carbonyl (C=O) groups is 1. The summed E-state index contributed by atoms with van der Waals surface area (Å²) in [6.07, 6.45) is -4.65. The van der Waals surface area contributed by atoms with Crippen molar-refractivity contribution in [3.8, 4) is 11.3 Å². The van der Waals surface area contributed by atoms with Gasteiger partial charge < -0.3 is 5.32 Å². The zero-order chi connectivity index (χ0) is 19.8. The molecule has 1 heterocycles. The highest BCUT2D eigenvalue weighted by Gasteiger charge is 2.35. The zero-order valence-electron chi connectivity index (χ0n) is 13.8. The summed E-state index contributed by atoms with van der Waals surface area (Å²) in [6, 6.07) is 9.20. The minimum Gasteiger partial charge on any atom is -0.322 e. The molecule has 0 radical (unpaired) electrons. The summed E-state index contributed by atoms with van der Waals surface area (Å²) in [7, 11) is 1.27. The number of alkyl halides is 3. The Balaban J connectivity index is 1.86. The third-order valence-corrected chi connectivity index (χ3v) is 3.76. The van der Waals surface area contributed by atoms with Crippen LogP contribution in [0.25, 0.3) is 11.3 Å². The van der Waals surface area contributed by atoms with Crippen LogP contribution < -0.4 is 5.32 Å². The largest absolute Gasteiger partial charge is 0.435 e. The molecule has 0 bridgehead atoms. The van der Waals surface area contributed by atoms with Crippen molar-refractivity contribution in [1.29, 1.82) is 0 Å². The van der Waals surface area contributed by atoms with Crippen LogP contribution in [0, 0.1) is 11.6 Å². The topological polar surface area (TPSA) is 46.9 Å². The second-order valence-corrected chi connectivity index (χ2v) is 5.70. The minimum atomic E-state index is -4.65. The summed E-state index contributed by atoms with van der Waals surface area (Å²) in [5.74, 6) is -2.09. The summed E-state index contributed by atoms with van der Waals surface area (Å²) >= 11 is 0. The van der Waals surface area contributed by atoms with Gasteiger partial charge in [0.05, 0.1) is 5.69 Å². The molecule has 0 saturated carbocycles. The van der Waals surface area contributed by atoms with E-state index in [9.17, 15) is 26.7 Å². The molecule has 27 heavy (non-hydrogen) atoms. The molecule has 2 aromatic carbocycles. The number of hydrogen-bond acceptors (Lipinski definition) is 2. The molecule has 0 fully saturated rings. The number of carbonyl (C=O) groups excluding carboxylic acids is 1. The Bertz CT molecular complexity index is 1010. The van der Waals surface area contributed by atoms with Crippen LogP contribution in [0.5, 0.6) is 0 Å². The van der Waals surface area contributed by atoms with Crippen LogP contribution in [0.3, 0.4) is 0 Å². The van der Waals surface area contributed by atoms with Crippen LogP contribution in [-0.4, -0.2) is 15.7 Å². The fourth-order valence-corrected chi connectivity index (χ4v) is 2.49. The first-order valence-corrected chi connectivity index (χ1v) is 7.63. The number of anilines is 1. The Morgan fingerprint density at radius 1 is 1.07 bits per heavy atom. The van der Waals surface area contributed by atoms with E-state index in [1.54, 1.807) is 0 Å². The van der Waals surface area contributed by atoms with Crippen molar-refractivity contribution < 1.29 is 26.7 Å². The molecule has 1 amide bonds. The molecule has 0 saturated heterocycles. The van der Waals surface area contributed by atoms with E-state index in [1.165, 1.54) is 37.4 Å². The predicted octanol–water partition coefficient (Wildman–Crippen LogP) is 4.64. The van der Waals surface area contributed by atoms with E-state index in [-0.39, 0.29) is 22.5 Å². The van der Waals surface area contributed by atoms with Crippen LogP contribution in [0.1, 0.15) is 16.1 Å². The summed E-state index contributed by atoms with van der Waals surface area (Å²) in [4.78, 5) is 12.1. The van der Waals surface area contributed by atoms with Gasteiger partial charge in [-0.25, -0.2) is 8.78 Å². The maximum absolute atomic E-state index is 14.4. The number of amides is 1. The van der Waals surface area contributed by atoms with Gasteiger partial charge >= 0.3 is 6.18 Å². The van der Waals surface area contributed by atoms with E-state index < -0.39 is 29.4 Å². The van der Waals surface area contributed by atoms with Crippen LogP contribution in [0.15, 0.2) is 48.5 Å². The number of benzene rings is 2. The number of halogens is 5. The third kappa shape index (κ3) is 3.97. The normalized spacial score (nSPS) is 11.5. The van der Waals surface area contributed by atoms with Crippen LogP contribution in [0.4, 0.5) is 27.6 Å². The lowest BCUT2D eigenvalue weighted by Crippen LogP contribution is -2.12. The van der Waals surface area contributed by atoms with E-state index in [4.69, 9.17) is 0 Å². The molecular weight excluding hydrogens is 369 g/mol. The lowest BCUT2D eigenvalue weighted by molar-refractivity contribution is -0.141. The molecule has 1 N–H and O–H groups in total. The Morgan fingerprint density at radius 2 is 1.81 bits per heavy atom. The van der Waals surface area contributed by atoms with Gasteiger partial charge in [0.1, 0.15) is 11.6 Å². The second kappa shape index (κ2) is 6.82. The Kier molecular flexibility index (Phi) is 4.69. The van der Waals surface area contributed by atoms with Crippen LogP contribution in [-0.2, 0) is 13.2 Å². The maximum atomic E-state index is 14.4. The number of rotatable bonds is 3. The van der Waals surface area contributed by atoms with Gasteiger partial charge in [0.25, 0.3) is 5.91 Å². The van der Waals surface area contributed by atoms with Gasteiger partial charge in [-0.1, -0.05) is 6.07 Å². The van der Waals surface area contributed by atoms with Gasteiger partial charge in [-0.3, -0.25) is 9.48 Å². The molecule has 3 rings (SSSR count). The molecule has 0 aliphatic carbocycles. The number of nitrogens with zero attached hydrogens (tertiary/aromatic N) is 2. The predicted molar refractivity (Wildman–Crippen MR) is 88.0 cm³/mol. The molecule has 3 aromatic rings. The molecule has 0 unspecified atom stereocenters. The second-order valence-electron chi connectivity index (χ2n) is 5.70. The first-order chi connectivity index (χ1) is 12.6. The minimum absolute atomic E-state index is 0.0425. The average molecular weight is 381 g/mol. The Morgan fingerprint density at radius 3 is 2.41 bits per heavy atom. The maximum Gasteiger partial charge on any atom is 0.435 e. The average Bonchev–Trinajstić information content (AvgIpc) is 2.97. The quantitative estimate of drug-likeness (QED) is 0.672. The van der Waals surface area contributed by atoms with E-state index in [1.807, 2.05) is 0 Å². The van der Waals surface area contributed by atoms with Crippen LogP contribution in [0.2, 0.25) is 0 Å². The van der Waals surface area contributed by atoms with E-state index in [0.717, 1.165) is 22.9 Å². The van der Waals surface area contributed by atoms with Crippen molar-refractivity contribution in [3.05, 3.63) is 71.4 Å². The van der Waals surface area contributed by atoms with Crippen molar-refractivity contribution in [2.45, 2.75) is 6.18 Å². The molecule has 0 aliphatic heterocycles. The fraction of sp³-hybridized carbons (Fsp3) is 0.111. The Labute approximate surface area is 150 Å². The molecule has 4 nitrogen and oxygen atoms in total. The van der Waals surface area contributed by atoms with Crippen molar-refractivity contribution >= 4 is 11.6 Å². The fourth-order valence-electron chi connectivity index (χ4n) is 2.49. The van der Waals surface area contributed by atoms with Crippen molar-refractivity contribution in [2.24, 2.45) is 7.05 Å². The standard InChI is InChI=1S/C18H12F5N3O/c1-26-15(9-16(25-26)18(21,22)23)13-6-5-12(8-14(13)20)24-17(27)10-3-2-4-11(19)7-10/h2-9H,1H3,(H,24,27). The van der Waals surface area contributed by atoms with Crippen LogP contribution >= 0.6 is 0 Å². The molecule has 140 valence electrons. The molecular formula is C18H12F5N3O. The molecule has 0 atom stereocenters.